The Kier molecular flexibility index (Phi) is 3.91. The zero-order chi connectivity index (χ0) is 11.4. The molecule has 1 nitrogen and oxygen atoms in total. The molecule has 1 aromatic heterocycles. The number of hydrogen-bond acceptors (Lipinski definition) is 3. The fourth-order valence-corrected chi connectivity index (χ4v) is 2.92. The first kappa shape index (κ1) is 11.6. The molecule has 1 aromatic carbocycles. The molecule has 0 saturated carbocycles. The van der Waals surface area contributed by atoms with Crippen molar-refractivity contribution in [3.05, 3.63) is 46.7 Å². The van der Waals surface area contributed by atoms with Crippen LogP contribution in [0.3, 0.4) is 0 Å². The van der Waals surface area contributed by atoms with Gasteiger partial charge in [0.05, 0.1) is 0 Å². The summed E-state index contributed by atoms with van der Waals surface area (Å²) in [6, 6.07) is 11.0. The molecule has 0 amide bonds. The van der Waals surface area contributed by atoms with E-state index in [0.29, 0.717) is 6.04 Å². The number of para-hydroxylation sites is 1. The molecule has 0 aliphatic rings. The lowest BCUT2D eigenvalue weighted by Crippen LogP contribution is -2.06. The second-order valence-electron chi connectivity index (χ2n) is 3.62. The molecule has 1 unspecified atom stereocenters. The number of benzene rings is 1. The quantitative estimate of drug-likeness (QED) is 0.792. The van der Waals surface area contributed by atoms with E-state index >= 15 is 0 Å². The largest absolute Gasteiger partial charge is 0.378 e. The average molecular weight is 249 g/mol. The van der Waals surface area contributed by atoms with Crippen molar-refractivity contribution in [3.63, 3.8) is 0 Å². The van der Waals surface area contributed by atoms with Crippen molar-refractivity contribution in [2.24, 2.45) is 0 Å². The highest BCUT2D eigenvalue weighted by atomic mass is 32.2. The average Bonchev–Trinajstić information content (AvgIpc) is 2.83. The van der Waals surface area contributed by atoms with Gasteiger partial charge in [-0.1, -0.05) is 12.1 Å². The minimum Gasteiger partial charge on any atom is -0.378 e. The molecule has 0 radical (unpaired) electrons. The van der Waals surface area contributed by atoms with E-state index in [1.807, 2.05) is 0 Å². The molecular weight excluding hydrogens is 234 g/mol. The molecule has 16 heavy (non-hydrogen) atoms. The smallest absolute Gasteiger partial charge is 0.0494 e. The second kappa shape index (κ2) is 5.41. The van der Waals surface area contributed by atoms with E-state index in [1.54, 1.807) is 23.1 Å². The van der Waals surface area contributed by atoms with E-state index in [0.717, 1.165) is 0 Å². The molecular formula is C13H15NS2. The second-order valence-corrected chi connectivity index (χ2v) is 5.25. The Bertz CT molecular complexity index is 437. The first-order chi connectivity index (χ1) is 7.81. The number of nitrogens with one attached hydrogen (secondary N) is 1. The summed E-state index contributed by atoms with van der Waals surface area (Å²) in [4.78, 5) is 1.30. The lowest BCUT2D eigenvalue weighted by Gasteiger charge is -2.16. The van der Waals surface area contributed by atoms with Gasteiger partial charge < -0.3 is 5.32 Å². The lowest BCUT2D eigenvalue weighted by molar-refractivity contribution is 0.885. The normalized spacial score (nSPS) is 12.4. The summed E-state index contributed by atoms with van der Waals surface area (Å²) in [6.07, 6.45) is 2.11. The summed E-state index contributed by atoms with van der Waals surface area (Å²) in [7, 11) is 0. The highest BCUT2D eigenvalue weighted by Gasteiger charge is 2.07. The Balaban J connectivity index is 2.14. The van der Waals surface area contributed by atoms with Gasteiger partial charge in [-0.05, 0) is 47.7 Å². The highest BCUT2D eigenvalue weighted by molar-refractivity contribution is 7.98. The summed E-state index contributed by atoms with van der Waals surface area (Å²) >= 11 is 3.52. The Labute approximate surface area is 105 Å². The van der Waals surface area contributed by atoms with Crippen LogP contribution in [0.1, 0.15) is 18.5 Å². The van der Waals surface area contributed by atoms with Crippen LogP contribution in [0.15, 0.2) is 46.0 Å². The Morgan fingerprint density at radius 2 is 2.06 bits per heavy atom. The first-order valence-electron chi connectivity index (χ1n) is 5.23. The molecule has 0 spiro atoms. The lowest BCUT2D eigenvalue weighted by atomic mass is 10.1. The van der Waals surface area contributed by atoms with Gasteiger partial charge in [-0.25, -0.2) is 0 Å². The molecule has 84 valence electrons. The van der Waals surface area contributed by atoms with Gasteiger partial charge in [0.1, 0.15) is 0 Å². The monoisotopic (exact) mass is 249 g/mol. The van der Waals surface area contributed by atoms with Crippen LogP contribution in [-0.4, -0.2) is 6.26 Å². The first-order valence-corrected chi connectivity index (χ1v) is 7.39. The predicted octanol–water partition coefficient (Wildman–Crippen LogP) is 4.64. The zero-order valence-electron chi connectivity index (χ0n) is 9.44. The molecule has 2 aromatic rings. The third kappa shape index (κ3) is 2.60. The molecule has 2 rings (SSSR count). The van der Waals surface area contributed by atoms with Crippen LogP contribution in [0, 0.1) is 0 Å². The molecule has 0 aliphatic heterocycles. The molecule has 0 bridgehead atoms. The van der Waals surface area contributed by atoms with Crippen molar-refractivity contribution in [3.8, 4) is 0 Å². The van der Waals surface area contributed by atoms with Gasteiger partial charge in [0, 0.05) is 16.6 Å². The van der Waals surface area contributed by atoms with E-state index in [2.05, 4.69) is 59.6 Å². The van der Waals surface area contributed by atoms with Crippen LogP contribution in [-0.2, 0) is 0 Å². The van der Waals surface area contributed by atoms with Gasteiger partial charge in [0.25, 0.3) is 0 Å². The maximum absolute atomic E-state index is 3.55. The summed E-state index contributed by atoms with van der Waals surface area (Å²) < 4.78 is 0. The fourth-order valence-electron chi connectivity index (χ4n) is 1.60. The predicted molar refractivity (Wildman–Crippen MR) is 74.6 cm³/mol. The van der Waals surface area contributed by atoms with Crippen LogP contribution in [0.4, 0.5) is 5.69 Å². The van der Waals surface area contributed by atoms with Gasteiger partial charge in [0.2, 0.25) is 0 Å². The number of hydrogen-bond donors (Lipinski definition) is 1. The minimum absolute atomic E-state index is 0.361. The molecule has 0 fully saturated rings. The third-order valence-corrected chi connectivity index (χ3v) is 4.02. The van der Waals surface area contributed by atoms with Crippen LogP contribution in [0.2, 0.25) is 0 Å². The molecule has 1 atom stereocenters. The van der Waals surface area contributed by atoms with Crippen molar-refractivity contribution in [1.29, 1.82) is 0 Å². The molecule has 0 aliphatic carbocycles. The van der Waals surface area contributed by atoms with E-state index in [-0.39, 0.29) is 0 Å². The number of rotatable bonds is 4. The van der Waals surface area contributed by atoms with Crippen molar-refractivity contribution < 1.29 is 0 Å². The fraction of sp³-hybridized carbons (Fsp3) is 0.231. The van der Waals surface area contributed by atoms with Gasteiger partial charge in [0.15, 0.2) is 0 Å². The maximum atomic E-state index is 3.55. The maximum Gasteiger partial charge on any atom is 0.0494 e. The van der Waals surface area contributed by atoms with Crippen molar-refractivity contribution in [1.82, 2.24) is 0 Å². The highest BCUT2D eigenvalue weighted by Crippen LogP contribution is 2.28. The SMILES string of the molecule is CSc1ccccc1NC(C)c1ccsc1. The Morgan fingerprint density at radius 1 is 1.25 bits per heavy atom. The minimum atomic E-state index is 0.361. The number of anilines is 1. The summed E-state index contributed by atoms with van der Waals surface area (Å²) in [5.41, 5.74) is 2.56. The molecule has 1 N–H and O–H groups in total. The van der Waals surface area contributed by atoms with Crippen LogP contribution in [0.25, 0.3) is 0 Å². The van der Waals surface area contributed by atoms with E-state index in [1.165, 1.54) is 16.1 Å². The Hall–Kier alpha value is -0.930. The van der Waals surface area contributed by atoms with E-state index in [4.69, 9.17) is 0 Å². The van der Waals surface area contributed by atoms with Crippen molar-refractivity contribution in [2.75, 3.05) is 11.6 Å². The van der Waals surface area contributed by atoms with Crippen molar-refractivity contribution in [2.45, 2.75) is 17.9 Å². The molecule has 3 heteroatoms. The summed E-state index contributed by atoms with van der Waals surface area (Å²) in [6.45, 7) is 2.19. The molecule has 0 saturated heterocycles. The van der Waals surface area contributed by atoms with Gasteiger partial charge in [-0.2, -0.15) is 11.3 Å². The molecule has 1 heterocycles. The third-order valence-electron chi connectivity index (χ3n) is 2.52. The summed E-state index contributed by atoms with van der Waals surface area (Å²) in [5.74, 6) is 0. The van der Waals surface area contributed by atoms with E-state index in [9.17, 15) is 0 Å². The van der Waals surface area contributed by atoms with Crippen molar-refractivity contribution >= 4 is 28.8 Å². The summed E-state index contributed by atoms with van der Waals surface area (Å²) in [5, 5.41) is 7.86. The number of thiophene rings is 1. The topological polar surface area (TPSA) is 12.0 Å². The van der Waals surface area contributed by atoms with Crippen LogP contribution < -0.4 is 5.32 Å². The van der Waals surface area contributed by atoms with Gasteiger partial charge in [-0.15, -0.1) is 11.8 Å². The Morgan fingerprint density at radius 3 is 2.75 bits per heavy atom. The standard InChI is InChI=1S/C13H15NS2/c1-10(11-7-8-16-9-11)14-12-5-3-4-6-13(12)15-2/h3-10,14H,1-2H3. The van der Waals surface area contributed by atoms with Crippen LogP contribution >= 0.6 is 23.1 Å². The van der Waals surface area contributed by atoms with Crippen LogP contribution in [0.5, 0.6) is 0 Å². The number of thioether (sulfide) groups is 1. The van der Waals surface area contributed by atoms with E-state index < -0.39 is 0 Å². The zero-order valence-corrected chi connectivity index (χ0v) is 11.1. The van der Waals surface area contributed by atoms with Gasteiger partial charge in [-0.3, -0.25) is 0 Å². The van der Waals surface area contributed by atoms with Gasteiger partial charge >= 0.3 is 0 Å².